The zero-order valence-corrected chi connectivity index (χ0v) is 13.9. The maximum atomic E-state index is 13.3. The molecule has 26 heavy (non-hydrogen) atoms. The number of ether oxygens (including phenoxy) is 1. The van der Waals surface area contributed by atoms with Crippen molar-refractivity contribution in [1.29, 1.82) is 0 Å². The van der Waals surface area contributed by atoms with Crippen LogP contribution in [0.15, 0.2) is 42.6 Å². The number of nitrogens with one attached hydrogen (secondary N) is 3. The van der Waals surface area contributed by atoms with Gasteiger partial charge in [0, 0.05) is 17.1 Å². The molecule has 0 saturated heterocycles. The highest BCUT2D eigenvalue weighted by atomic mass is 19.1. The Hall–Kier alpha value is -3.35. The van der Waals surface area contributed by atoms with Crippen LogP contribution in [0.5, 0.6) is 5.75 Å². The van der Waals surface area contributed by atoms with Crippen LogP contribution in [-0.4, -0.2) is 23.4 Å². The summed E-state index contributed by atoms with van der Waals surface area (Å²) in [6, 6.07) is 9.34. The second kappa shape index (κ2) is 6.18. The summed E-state index contributed by atoms with van der Waals surface area (Å²) in [5.41, 5.74) is 2.43. The number of carbonyl (C=O) groups is 2. The van der Waals surface area contributed by atoms with E-state index in [1.54, 1.807) is 24.4 Å². The zero-order chi connectivity index (χ0) is 18.3. The molecule has 0 spiro atoms. The van der Waals surface area contributed by atoms with Crippen LogP contribution in [0.2, 0.25) is 0 Å². The van der Waals surface area contributed by atoms with Gasteiger partial charge in [0.05, 0.1) is 17.3 Å². The monoisotopic (exact) mass is 353 g/mol. The van der Waals surface area contributed by atoms with E-state index < -0.39 is 0 Å². The predicted molar refractivity (Wildman–Crippen MR) is 94.7 cm³/mol. The Balaban J connectivity index is 1.55. The molecule has 4 rings (SSSR count). The summed E-state index contributed by atoms with van der Waals surface area (Å²) in [6.45, 7) is 1.85. The summed E-state index contributed by atoms with van der Waals surface area (Å²) >= 11 is 0. The predicted octanol–water partition coefficient (Wildman–Crippen LogP) is 3.13. The lowest BCUT2D eigenvalue weighted by Crippen LogP contribution is -2.28. The van der Waals surface area contributed by atoms with Gasteiger partial charge in [0.15, 0.2) is 6.61 Å². The number of carbonyl (C=O) groups excluding carboxylic acids is 2. The largest absolute Gasteiger partial charge is 0.482 e. The molecule has 132 valence electrons. The third kappa shape index (κ3) is 2.88. The van der Waals surface area contributed by atoms with Crippen LogP contribution in [0.25, 0.3) is 10.9 Å². The highest BCUT2D eigenvalue weighted by Gasteiger charge is 2.19. The number of hydrogen-bond acceptors (Lipinski definition) is 3. The molecule has 1 atom stereocenters. The lowest BCUT2D eigenvalue weighted by atomic mass is 10.1. The fraction of sp³-hybridized carbons (Fsp3) is 0.158. The minimum atomic E-state index is -0.363. The molecule has 2 heterocycles. The lowest BCUT2D eigenvalue weighted by Gasteiger charge is -2.21. The molecule has 1 aromatic heterocycles. The summed E-state index contributed by atoms with van der Waals surface area (Å²) in [6.07, 6.45) is 1.56. The van der Waals surface area contributed by atoms with E-state index in [9.17, 15) is 14.0 Å². The molecule has 0 fully saturated rings. The highest BCUT2D eigenvalue weighted by Crippen LogP contribution is 2.30. The number of fused-ring (bicyclic) bond motifs is 2. The van der Waals surface area contributed by atoms with E-state index in [1.165, 1.54) is 12.1 Å². The summed E-state index contributed by atoms with van der Waals surface area (Å²) in [4.78, 5) is 27.0. The summed E-state index contributed by atoms with van der Waals surface area (Å²) < 4.78 is 18.6. The van der Waals surface area contributed by atoms with Crippen molar-refractivity contribution in [2.75, 3.05) is 11.9 Å². The van der Waals surface area contributed by atoms with Crippen LogP contribution in [0.4, 0.5) is 10.1 Å². The Kier molecular flexibility index (Phi) is 3.84. The normalized spacial score (nSPS) is 14.3. The lowest BCUT2D eigenvalue weighted by molar-refractivity contribution is -0.118. The fourth-order valence-electron chi connectivity index (χ4n) is 3.01. The number of aromatic amines is 1. The molecule has 0 bridgehead atoms. The van der Waals surface area contributed by atoms with Gasteiger partial charge in [-0.05, 0) is 42.8 Å². The molecule has 2 aromatic carbocycles. The third-order valence-corrected chi connectivity index (χ3v) is 4.37. The van der Waals surface area contributed by atoms with Crippen LogP contribution in [0.1, 0.15) is 28.9 Å². The molecule has 6 nitrogen and oxygen atoms in total. The van der Waals surface area contributed by atoms with Crippen molar-refractivity contribution in [2.24, 2.45) is 0 Å². The minimum absolute atomic E-state index is 0.000204. The van der Waals surface area contributed by atoms with Crippen molar-refractivity contribution in [3.05, 3.63) is 59.5 Å². The van der Waals surface area contributed by atoms with Gasteiger partial charge in [-0.25, -0.2) is 4.39 Å². The Morgan fingerprint density at radius 2 is 2.12 bits per heavy atom. The molecule has 1 aliphatic rings. The highest BCUT2D eigenvalue weighted by molar-refractivity contribution is 6.06. The second-order valence-electron chi connectivity index (χ2n) is 6.18. The third-order valence-electron chi connectivity index (χ3n) is 4.37. The quantitative estimate of drug-likeness (QED) is 0.676. The molecule has 1 aliphatic heterocycles. The molecule has 0 unspecified atom stereocenters. The first-order chi connectivity index (χ1) is 12.5. The van der Waals surface area contributed by atoms with Gasteiger partial charge < -0.3 is 20.4 Å². The number of amides is 2. The molecule has 3 aromatic rings. The Morgan fingerprint density at radius 3 is 2.96 bits per heavy atom. The van der Waals surface area contributed by atoms with E-state index in [0.717, 1.165) is 5.56 Å². The van der Waals surface area contributed by atoms with Crippen molar-refractivity contribution in [3.8, 4) is 5.75 Å². The summed E-state index contributed by atoms with van der Waals surface area (Å²) in [7, 11) is 0. The number of hydrogen-bond donors (Lipinski definition) is 3. The van der Waals surface area contributed by atoms with Gasteiger partial charge >= 0.3 is 0 Å². The van der Waals surface area contributed by atoms with Crippen LogP contribution in [0.3, 0.4) is 0 Å². The Morgan fingerprint density at radius 1 is 1.27 bits per heavy atom. The van der Waals surface area contributed by atoms with Gasteiger partial charge in [0.25, 0.3) is 11.8 Å². The van der Waals surface area contributed by atoms with Crippen LogP contribution < -0.4 is 15.4 Å². The van der Waals surface area contributed by atoms with E-state index in [0.29, 0.717) is 27.9 Å². The second-order valence-corrected chi connectivity index (χ2v) is 6.18. The smallest absolute Gasteiger partial charge is 0.262 e. The topological polar surface area (TPSA) is 83.2 Å². The van der Waals surface area contributed by atoms with E-state index in [4.69, 9.17) is 4.74 Å². The number of benzene rings is 2. The van der Waals surface area contributed by atoms with Crippen molar-refractivity contribution < 1.29 is 18.7 Å². The van der Waals surface area contributed by atoms with E-state index >= 15 is 0 Å². The number of aromatic nitrogens is 1. The first-order valence-corrected chi connectivity index (χ1v) is 8.15. The Labute approximate surface area is 148 Å². The SMILES string of the molecule is C[C@@H](NC(=O)c1c[nH]c2cc(F)ccc12)c1ccc2c(c1)NC(=O)CO2. The van der Waals surface area contributed by atoms with Crippen molar-refractivity contribution in [3.63, 3.8) is 0 Å². The maximum absolute atomic E-state index is 13.3. The molecule has 0 aliphatic carbocycles. The van der Waals surface area contributed by atoms with Crippen LogP contribution in [0, 0.1) is 5.82 Å². The zero-order valence-electron chi connectivity index (χ0n) is 13.9. The van der Waals surface area contributed by atoms with Crippen molar-refractivity contribution in [2.45, 2.75) is 13.0 Å². The van der Waals surface area contributed by atoms with Crippen LogP contribution in [-0.2, 0) is 4.79 Å². The van der Waals surface area contributed by atoms with E-state index in [2.05, 4.69) is 15.6 Å². The number of rotatable bonds is 3. The molecule has 2 amide bonds. The molecule has 0 radical (unpaired) electrons. The first kappa shape index (κ1) is 16.1. The average molecular weight is 353 g/mol. The fourth-order valence-corrected chi connectivity index (χ4v) is 3.01. The summed E-state index contributed by atoms with van der Waals surface area (Å²) in [5, 5.41) is 6.32. The molecule has 0 saturated carbocycles. The van der Waals surface area contributed by atoms with Crippen LogP contribution >= 0.6 is 0 Å². The first-order valence-electron chi connectivity index (χ1n) is 8.15. The molecular weight excluding hydrogens is 337 g/mol. The summed E-state index contributed by atoms with van der Waals surface area (Å²) in [5.74, 6) is -0.241. The van der Waals surface area contributed by atoms with Crippen molar-refractivity contribution >= 4 is 28.4 Å². The van der Waals surface area contributed by atoms with Gasteiger partial charge in [-0.1, -0.05) is 6.07 Å². The van der Waals surface area contributed by atoms with Gasteiger partial charge in [-0.2, -0.15) is 0 Å². The van der Waals surface area contributed by atoms with Gasteiger partial charge in [0.1, 0.15) is 11.6 Å². The average Bonchev–Trinajstić information content (AvgIpc) is 3.04. The number of halogens is 1. The maximum Gasteiger partial charge on any atom is 0.262 e. The number of anilines is 1. The van der Waals surface area contributed by atoms with E-state index in [1.807, 2.05) is 13.0 Å². The van der Waals surface area contributed by atoms with Gasteiger partial charge in [-0.15, -0.1) is 0 Å². The van der Waals surface area contributed by atoms with Gasteiger partial charge in [-0.3, -0.25) is 9.59 Å². The Bertz CT molecular complexity index is 1030. The standard InChI is InChI=1S/C19H16FN3O3/c1-10(11-2-5-17-16(6-11)23-18(24)9-26-17)22-19(25)14-8-21-15-7-12(20)3-4-13(14)15/h2-8,10,21H,9H2,1H3,(H,22,25)(H,23,24)/t10-/m1/s1. The number of H-pyrrole nitrogens is 1. The molecule has 3 N–H and O–H groups in total. The van der Waals surface area contributed by atoms with Gasteiger partial charge in [0.2, 0.25) is 0 Å². The molecular formula is C19H16FN3O3. The van der Waals surface area contributed by atoms with Crippen molar-refractivity contribution in [1.82, 2.24) is 10.3 Å². The molecule has 7 heteroatoms. The minimum Gasteiger partial charge on any atom is -0.482 e. The van der Waals surface area contributed by atoms with E-state index in [-0.39, 0.29) is 30.3 Å².